The van der Waals surface area contributed by atoms with Crippen LogP contribution in [-0.2, 0) is 14.2 Å². The zero-order chi connectivity index (χ0) is 26.8. The highest BCUT2D eigenvalue weighted by atomic mass is 16.7. The maximum absolute atomic E-state index is 10.7. The lowest BCUT2D eigenvalue weighted by molar-refractivity contribution is -0.393. The van der Waals surface area contributed by atoms with Gasteiger partial charge in [-0.3, -0.25) is 0 Å². The van der Waals surface area contributed by atoms with E-state index in [4.69, 9.17) is 19.3 Å². The van der Waals surface area contributed by atoms with Crippen molar-refractivity contribution in [1.82, 2.24) is 0 Å². The van der Waals surface area contributed by atoms with Crippen LogP contribution in [-0.4, -0.2) is 183 Å². The number of rotatable bonds is 10. The zero-order valence-corrected chi connectivity index (χ0v) is 18.2. The predicted octanol–water partition coefficient (Wildman–Crippen LogP) is -9.23. The molecule has 0 saturated carbocycles. The Morgan fingerprint density at radius 1 is 0.714 bits per heavy atom. The molecule has 1 unspecified atom stereocenters. The van der Waals surface area contributed by atoms with Gasteiger partial charge in [-0.25, -0.2) is 0 Å². The Morgan fingerprint density at radius 3 is 1.83 bits per heavy atom. The quantitative estimate of drug-likeness (QED) is 0.127. The van der Waals surface area contributed by atoms with Gasteiger partial charge in [0.25, 0.3) is 0 Å². The van der Waals surface area contributed by atoms with E-state index < -0.39 is 111 Å². The molecule has 0 aliphatic carbocycles. The molecular weight excluding hydrogens is 488 g/mol. The minimum absolute atomic E-state index is 0.777. The molecule has 0 aromatic carbocycles. The molecule has 0 bridgehead atoms. The van der Waals surface area contributed by atoms with E-state index in [-0.39, 0.29) is 0 Å². The monoisotopic (exact) mass is 522 g/mol. The fourth-order valence-electron chi connectivity index (χ4n) is 3.77. The van der Waals surface area contributed by atoms with E-state index in [0.29, 0.717) is 0 Å². The lowest BCUT2D eigenvalue weighted by Gasteiger charge is -2.49. The molecule has 35 heavy (non-hydrogen) atoms. The van der Waals surface area contributed by atoms with Crippen molar-refractivity contribution >= 4 is 0 Å². The van der Waals surface area contributed by atoms with Crippen LogP contribution in [0.25, 0.3) is 0 Å². The highest BCUT2D eigenvalue weighted by Crippen LogP contribution is 2.34. The summed E-state index contributed by atoms with van der Waals surface area (Å²) < 4.78 is 15.3. The molecule has 14 N–H and O–H groups in total. The van der Waals surface area contributed by atoms with Gasteiger partial charge in [-0.1, -0.05) is 0 Å². The second-order valence-electron chi connectivity index (χ2n) is 8.53. The number of hydrogen-bond donors (Lipinski definition) is 14. The molecule has 2 aliphatic rings. The minimum Gasteiger partial charge on any atom is -0.394 e. The molecule has 17 heteroatoms. The number of ether oxygens (including phenoxy) is 3. The van der Waals surface area contributed by atoms with Crippen LogP contribution in [0.4, 0.5) is 0 Å². The molecule has 2 fully saturated rings. The Morgan fingerprint density at radius 2 is 1.29 bits per heavy atom. The van der Waals surface area contributed by atoms with Crippen molar-refractivity contribution in [3.63, 3.8) is 0 Å². The first-order valence-electron chi connectivity index (χ1n) is 10.6. The van der Waals surface area contributed by atoms with E-state index in [1.807, 2.05) is 0 Å². The summed E-state index contributed by atoms with van der Waals surface area (Å²) >= 11 is 0. The first kappa shape index (κ1) is 30.5. The smallest absolute Gasteiger partial charge is 0.224 e. The third kappa shape index (κ3) is 6.08. The average Bonchev–Trinajstić information content (AvgIpc) is 2.85. The van der Waals surface area contributed by atoms with E-state index in [1.54, 1.807) is 0 Å². The first-order valence-corrected chi connectivity index (χ1v) is 10.6. The molecule has 0 aromatic rings. The topological polar surface area (TPSA) is 311 Å². The largest absolute Gasteiger partial charge is 0.394 e. The number of hydrogen-bond acceptors (Lipinski definition) is 17. The van der Waals surface area contributed by atoms with Crippen LogP contribution in [0.3, 0.4) is 0 Å². The van der Waals surface area contributed by atoms with Crippen LogP contribution in [0, 0.1) is 0 Å². The van der Waals surface area contributed by atoms with E-state index in [9.17, 15) is 66.4 Å². The average molecular weight is 522 g/mol. The molecule has 0 radical (unpaired) electrons. The lowest BCUT2D eigenvalue weighted by Crippen LogP contribution is -2.72. The molecule has 2 rings (SSSR count). The van der Waals surface area contributed by atoms with Crippen LogP contribution >= 0.6 is 0 Å². The van der Waals surface area contributed by atoms with Crippen molar-refractivity contribution in [3.8, 4) is 0 Å². The Bertz CT molecular complexity index is 655. The van der Waals surface area contributed by atoms with E-state index >= 15 is 0 Å². The van der Waals surface area contributed by atoms with E-state index in [0.717, 1.165) is 0 Å². The number of aliphatic hydroxyl groups is 14. The second-order valence-corrected chi connectivity index (χ2v) is 8.53. The van der Waals surface area contributed by atoms with Crippen molar-refractivity contribution in [3.05, 3.63) is 0 Å². The van der Waals surface area contributed by atoms with Crippen LogP contribution < -0.4 is 0 Å². The Labute approximate surface area is 197 Å². The Kier molecular flexibility index (Phi) is 10.7. The van der Waals surface area contributed by atoms with Gasteiger partial charge in [0, 0.05) is 0 Å². The molecule has 17 nitrogen and oxygen atoms in total. The van der Waals surface area contributed by atoms with Gasteiger partial charge in [-0.05, 0) is 0 Å². The summed E-state index contributed by atoms with van der Waals surface area (Å²) in [6.45, 7) is -2.69. The summed E-state index contributed by atoms with van der Waals surface area (Å²) in [7, 11) is 0. The van der Waals surface area contributed by atoms with Gasteiger partial charge in [0.15, 0.2) is 6.29 Å². The molecule has 2 aliphatic heterocycles. The summed E-state index contributed by atoms with van der Waals surface area (Å²) in [6.07, 6.45) is -28.8. The summed E-state index contributed by atoms with van der Waals surface area (Å²) in [5.74, 6) is -3.31. The third-order valence-corrected chi connectivity index (χ3v) is 6.12. The fourth-order valence-corrected chi connectivity index (χ4v) is 3.77. The molecule has 2 saturated heterocycles. The summed E-state index contributed by atoms with van der Waals surface area (Å²) in [5.41, 5.74) is 0. The van der Waals surface area contributed by atoms with Crippen molar-refractivity contribution in [2.24, 2.45) is 0 Å². The molecule has 2 heterocycles. The summed E-state index contributed by atoms with van der Waals surface area (Å²) in [6, 6.07) is 0. The van der Waals surface area contributed by atoms with Gasteiger partial charge >= 0.3 is 0 Å². The van der Waals surface area contributed by atoms with Crippen LogP contribution in [0.1, 0.15) is 0 Å². The van der Waals surface area contributed by atoms with Gasteiger partial charge in [-0.15, -0.1) is 0 Å². The lowest BCUT2D eigenvalue weighted by atomic mass is 9.85. The van der Waals surface area contributed by atoms with Crippen LogP contribution in [0.2, 0.25) is 0 Å². The summed E-state index contributed by atoms with van der Waals surface area (Å²) in [5, 5.41) is 138. The van der Waals surface area contributed by atoms with Crippen LogP contribution in [0.15, 0.2) is 0 Å². The van der Waals surface area contributed by atoms with Crippen molar-refractivity contribution in [2.75, 3.05) is 19.8 Å². The highest BCUT2D eigenvalue weighted by Gasteiger charge is 2.59. The minimum atomic E-state index is -3.31. The van der Waals surface area contributed by atoms with E-state index in [1.165, 1.54) is 0 Å². The standard InChI is InChI=1S/C18H34O17/c19-1-4(21)7(22)10(25)13(28)16(31)18(32)15(30)12(27)9(24)6(35-18)3-33-17-14(29)11(26)8(23)5(2-20)34-17/h4-17,19-32H,1-3H2/t4-,5-,6-,7-,8-,9-,10-,11+,12+,13-,14-,15-,16?,17+,18+/m1/s1. The SMILES string of the molecule is OC[C@@H](O)[C@@H](O)[C@@H](O)[C@@H](O)C(O)[C@@]1(O)O[C@H](CO[C@H]2O[C@H](CO)[C@@H](O)[C@H](O)[C@H]2O)[C@@H](O)[C@H](O)[C@H]1O. The van der Waals surface area contributed by atoms with Crippen molar-refractivity contribution in [1.29, 1.82) is 0 Å². The maximum atomic E-state index is 10.7. The van der Waals surface area contributed by atoms with Gasteiger partial charge in [0.1, 0.15) is 79.4 Å². The van der Waals surface area contributed by atoms with Crippen molar-refractivity contribution in [2.45, 2.75) is 91.4 Å². The molecule has 208 valence electrons. The predicted molar refractivity (Wildman–Crippen MR) is 105 cm³/mol. The van der Waals surface area contributed by atoms with Gasteiger partial charge < -0.3 is 85.7 Å². The molecule has 0 amide bonds. The molecule has 0 spiro atoms. The van der Waals surface area contributed by atoms with Gasteiger partial charge in [0.2, 0.25) is 5.79 Å². The maximum Gasteiger partial charge on any atom is 0.224 e. The molecule has 15 atom stereocenters. The highest BCUT2D eigenvalue weighted by molar-refractivity contribution is 5.03. The normalized spacial score (nSPS) is 44.9. The first-order chi connectivity index (χ1) is 16.2. The third-order valence-electron chi connectivity index (χ3n) is 6.12. The Balaban J connectivity index is 2.16. The Hall–Kier alpha value is -0.680. The van der Waals surface area contributed by atoms with Gasteiger partial charge in [0.05, 0.1) is 19.8 Å². The van der Waals surface area contributed by atoms with Gasteiger partial charge in [-0.2, -0.15) is 0 Å². The van der Waals surface area contributed by atoms with Crippen molar-refractivity contribution < 1.29 is 85.7 Å². The summed E-state index contributed by atoms with van der Waals surface area (Å²) in [4.78, 5) is 0. The van der Waals surface area contributed by atoms with Crippen LogP contribution in [0.5, 0.6) is 0 Å². The second kappa shape index (κ2) is 12.2. The molecule has 0 aromatic heterocycles. The van der Waals surface area contributed by atoms with E-state index in [2.05, 4.69) is 0 Å². The molecular formula is C18H34O17. The number of aliphatic hydroxyl groups excluding tert-OH is 13. The zero-order valence-electron chi connectivity index (χ0n) is 18.2. The fraction of sp³-hybridized carbons (Fsp3) is 1.00.